The molecule has 3 heteroatoms. The molecule has 0 radical (unpaired) electrons. The number of para-hydroxylation sites is 1. The highest BCUT2D eigenvalue weighted by atomic mass is 15.1. The summed E-state index contributed by atoms with van der Waals surface area (Å²) in [5.41, 5.74) is 3.91. The van der Waals surface area contributed by atoms with Crippen molar-refractivity contribution < 1.29 is 0 Å². The number of hydrogen-bond donors (Lipinski definition) is 0. The number of imidazole rings is 1. The maximum absolute atomic E-state index is 5.55. The third-order valence-electron chi connectivity index (χ3n) is 3.77. The van der Waals surface area contributed by atoms with Gasteiger partial charge >= 0.3 is 0 Å². The van der Waals surface area contributed by atoms with Crippen molar-refractivity contribution >= 4 is 21.9 Å². The van der Waals surface area contributed by atoms with Crippen LogP contribution in [0.3, 0.4) is 0 Å². The molecule has 104 valence electrons. The van der Waals surface area contributed by atoms with E-state index in [4.69, 9.17) is 11.4 Å². The minimum Gasteiger partial charge on any atom is -0.311 e. The predicted molar refractivity (Wildman–Crippen MR) is 89.3 cm³/mol. The van der Waals surface area contributed by atoms with Gasteiger partial charge in [0, 0.05) is 10.9 Å². The van der Waals surface area contributed by atoms with Crippen LogP contribution in [0.5, 0.6) is 0 Å². The average molecular weight is 283 g/mol. The first-order chi connectivity index (χ1) is 10.9. The molecule has 0 aliphatic rings. The number of terminal acetylenes is 1. The minimum absolute atomic E-state index is 0.473. The number of pyridine rings is 1. The maximum atomic E-state index is 5.55. The van der Waals surface area contributed by atoms with Crippen LogP contribution in [-0.2, 0) is 6.54 Å². The van der Waals surface area contributed by atoms with Gasteiger partial charge in [-0.3, -0.25) is 4.98 Å². The molecule has 0 spiro atoms. The Morgan fingerprint density at radius 2 is 1.77 bits per heavy atom. The molecule has 0 unspecified atom stereocenters. The second-order valence-corrected chi connectivity index (χ2v) is 5.10. The second kappa shape index (κ2) is 5.01. The van der Waals surface area contributed by atoms with Crippen molar-refractivity contribution in [3.8, 4) is 23.7 Å². The summed E-state index contributed by atoms with van der Waals surface area (Å²) in [7, 11) is 0. The molecule has 2 heterocycles. The van der Waals surface area contributed by atoms with Gasteiger partial charge in [0.25, 0.3) is 0 Å². The normalized spacial score (nSPS) is 10.9. The van der Waals surface area contributed by atoms with Gasteiger partial charge in [-0.1, -0.05) is 54.5 Å². The van der Waals surface area contributed by atoms with Crippen LogP contribution in [0.15, 0.2) is 60.8 Å². The zero-order valence-corrected chi connectivity index (χ0v) is 11.9. The third-order valence-corrected chi connectivity index (χ3v) is 3.77. The Hall–Kier alpha value is -3.12. The fourth-order valence-corrected chi connectivity index (χ4v) is 2.77. The van der Waals surface area contributed by atoms with Gasteiger partial charge in [-0.2, -0.15) is 0 Å². The van der Waals surface area contributed by atoms with E-state index in [1.165, 1.54) is 0 Å². The summed E-state index contributed by atoms with van der Waals surface area (Å²) in [6.07, 6.45) is 7.41. The first-order valence-electron chi connectivity index (χ1n) is 7.11. The number of aromatic nitrogens is 3. The minimum atomic E-state index is 0.473. The van der Waals surface area contributed by atoms with Crippen LogP contribution in [0, 0.1) is 12.3 Å². The molecule has 3 nitrogen and oxygen atoms in total. The molecule has 0 aliphatic heterocycles. The van der Waals surface area contributed by atoms with E-state index in [2.05, 4.69) is 10.9 Å². The Balaban J connectivity index is 2.10. The molecular formula is C19H13N3. The number of benzene rings is 2. The molecule has 0 N–H and O–H groups in total. The van der Waals surface area contributed by atoms with Crippen molar-refractivity contribution in [2.24, 2.45) is 0 Å². The van der Waals surface area contributed by atoms with Gasteiger partial charge in [-0.05, 0) is 6.07 Å². The van der Waals surface area contributed by atoms with E-state index in [0.29, 0.717) is 6.54 Å². The maximum Gasteiger partial charge on any atom is 0.142 e. The first-order valence-corrected chi connectivity index (χ1v) is 7.11. The van der Waals surface area contributed by atoms with Gasteiger partial charge in [-0.15, -0.1) is 6.42 Å². The summed E-state index contributed by atoms with van der Waals surface area (Å²) in [6.45, 7) is 0.473. The van der Waals surface area contributed by atoms with E-state index in [-0.39, 0.29) is 0 Å². The topological polar surface area (TPSA) is 30.7 Å². The molecule has 4 aromatic rings. The molecule has 2 aromatic carbocycles. The summed E-state index contributed by atoms with van der Waals surface area (Å²) in [5.74, 6) is 3.60. The van der Waals surface area contributed by atoms with E-state index in [0.717, 1.165) is 33.3 Å². The Kier molecular flexibility index (Phi) is 2.87. The number of rotatable bonds is 2. The van der Waals surface area contributed by atoms with Crippen LogP contribution < -0.4 is 0 Å². The van der Waals surface area contributed by atoms with Crippen LogP contribution in [0.1, 0.15) is 0 Å². The Bertz CT molecular complexity index is 1010. The number of hydrogen-bond acceptors (Lipinski definition) is 2. The number of fused-ring (bicyclic) bond motifs is 3. The molecule has 0 atom stereocenters. The van der Waals surface area contributed by atoms with Crippen molar-refractivity contribution in [3.63, 3.8) is 0 Å². The summed E-state index contributed by atoms with van der Waals surface area (Å²) in [6, 6.07) is 18.1. The zero-order valence-electron chi connectivity index (χ0n) is 11.9. The van der Waals surface area contributed by atoms with E-state index in [1.807, 2.05) is 65.4 Å². The number of nitrogens with zero attached hydrogens (tertiary/aromatic N) is 3. The van der Waals surface area contributed by atoms with E-state index >= 15 is 0 Å². The molecule has 0 saturated carbocycles. The molecule has 0 fully saturated rings. The van der Waals surface area contributed by atoms with E-state index in [1.54, 1.807) is 0 Å². The summed E-state index contributed by atoms with van der Waals surface area (Å²) in [5, 5.41) is 1.05. The smallest absolute Gasteiger partial charge is 0.142 e. The molecular weight excluding hydrogens is 270 g/mol. The SMILES string of the molecule is C#CCn1c(-c2ccccc2)nc2c3ccccc3ncc21. The highest BCUT2D eigenvalue weighted by Gasteiger charge is 2.14. The quantitative estimate of drug-likeness (QED) is 0.523. The lowest BCUT2D eigenvalue weighted by Crippen LogP contribution is -1.98. The summed E-state index contributed by atoms with van der Waals surface area (Å²) < 4.78 is 2.05. The van der Waals surface area contributed by atoms with Gasteiger partial charge in [0.15, 0.2) is 0 Å². The van der Waals surface area contributed by atoms with E-state index < -0.39 is 0 Å². The Morgan fingerprint density at radius 1 is 1.00 bits per heavy atom. The van der Waals surface area contributed by atoms with Crippen molar-refractivity contribution in [2.75, 3.05) is 0 Å². The lowest BCUT2D eigenvalue weighted by Gasteiger charge is -2.05. The van der Waals surface area contributed by atoms with Gasteiger partial charge in [0.2, 0.25) is 0 Å². The zero-order chi connectivity index (χ0) is 14.9. The van der Waals surface area contributed by atoms with Crippen molar-refractivity contribution in [3.05, 3.63) is 60.8 Å². The molecule has 0 aliphatic carbocycles. The largest absolute Gasteiger partial charge is 0.311 e. The standard InChI is InChI=1S/C19H13N3/c1-2-12-22-17-13-20-16-11-7-6-10-15(16)18(17)21-19(22)14-8-4-3-5-9-14/h1,3-11,13H,12H2. The molecule has 4 rings (SSSR count). The van der Waals surface area contributed by atoms with Crippen LogP contribution in [0.25, 0.3) is 33.3 Å². The van der Waals surface area contributed by atoms with Crippen molar-refractivity contribution in [2.45, 2.75) is 6.54 Å². The highest BCUT2D eigenvalue weighted by Crippen LogP contribution is 2.28. The van der Waals surface area contributed by atoms with Crippen molar-refractivity contribution in [1.82, 2.24) is 14.5 Å². The molecule has 0 amide bonds. The molecule has 22 heavy (non-hydrogen) atoms. The van der Waals surface area contributed by atoms with Crippen LogP contribution in [0.4, 0.5) is 0 Å². The second-order valence-electron chi connectivity index (χ2n) is 5.10. The molecule has 0 bridgehead atoms. The summed E-state index contributed by atoms with van der Waals surface area (Å²) >= 11 is 0. The highest BCUT2D eigenvalue weighted by molar-refractivity contribution is 6.03. The Morgan fingerprint density at radius 3 is 2.59 bits per heavy atom. The lowest BCUT2D eigenvalue weighted by atomic mass is 10.2. The van der Waals surface area contributed by atoms with Gasteiger partial charge < -0.3 is 4.57 Å². The summed E-state index contributed by atoms with van der Waals surface area (Å²) in [4.78, 5) is 9.39. The van der Waals surface area contributed by atoms with Crippen LogP contribution in [-0.4, -0.2) is 14.5 Å². The van der Waals surface area contributed by atoms with Crippen LogP contribution in [0.2, 0.25) is 0 Å². The lowest BCUT2D eigenvalue weighted by molar-refractivity contribution is 0.880. The molecule has 2 aromatic heterocycles. The fourth-order valence-electron chi connectivity index (χ4n) is 2.77. The first kappa shape index (κ1) is 12.6. The van der Waals surface area contributed by atoms with Gasteiger partial charge in [-0.25, -0.2) is 4.98 Å². The van der Waals surface area contributed by atoms with Gasteiger partial charge in [0.05, 0.1) is 23.8 Å². The van der Waals surface area contributed by atoms with E-state index in [9.17, 15) is 0 Å². The third kappa shape index (κ3) is 1.86. The van der Waals surface area contributed by atoms with Crippen molar-refractivity contribution in [1.29, 1.82) is 0 Å². The molecule has 0 saturated heterocycles. The Labute approximate surface area is 128 Å². The van der Waals surface area contributed by atoms with Crippen LogP contribution >= 0.6 is 0 Å². The predicted octanol–water partition coefficient (Wildman–Crippen LogP) is 3.88. The average Bonchev–Trinajstić information content (AvgIpc) is 2.95. The fraction of sp³-hybridized carbons (Fsp3) is 0.0526. The monoisotopic (exact) mass is 283 g/mol. The van der Waals surface area contributed by atoms with Gasteiger partial charge in [0.1, 0.15) is 11.3 Å².